The Morgan fingerprint density at radius 2 is 2.24 bits per heavy atom. The molecule has 3 atom stereocenters. The minimum Gasteiger partial charge on any atom is -0.395 e. The van der Waals surface area contributed by atoms with Crippen molar-refractivity contribution in [2.75, 3.05) is 32.9 Å². The molecule has 0 spiro atoms. The van der Waals surface area contributed by atoms with E-state index in [1.165, 1.54) is 12.8 Å². The normalized spacial score (nSPS) is 38.5. The Morgan fingerprint density at radius 3 is 2.82 bits per heavy atom. The fourth-order valence-electron chi connectivity index (χ4n) is 3.15. The van der Waals surface area contributed by atoms with Crippen molar-refractivity contribution in [1.29, 1.82) is 0 Å². The average molecular weight is 242 g/mol. The van der Waals surface area contributed by atoms with Crippen LogP contribution in [0.4, 0.5) is 0 Å². The summed E-state index contributed by atoms with van der Waals surface area (Å²) in [4.78, 5) is 2.36. The van der Waals surface area contributed by atoms with E-state index >= 15 is 0 Å². The van der Waals surface area contributed by atoms with Crippen LogP contribution < -0.4 is 5.73 Å². The summed E-state index contributed by atoms with van der Waals surface area (Å²) in [7, 11) is 0. The van der Waals surface area contributed by atoms with E-state index in [2.05, 4.69) is 18.7 Å². The van der Waals surface area contributed by atoms with Gasteiger partial charge in [-0.05, 0) is 24.2 Å². The maximum atomic E-state index is 9.35. The van der Waals surface area contributed by atoms with Crippen LogP contribution in [0.2, 0.25) is 0 Å². The molecule has 3 N–H and O–H groups in total. The minimum absolute atomic E-state index is 0.166. The van der Waals surface area contributed by atoms with Crippen molar-refractivity contribution in [1.82, 2.24) is 4.90 Å². The predicted octanol–water partition coefficient (Wildman–Crippen LogP) is 0.443. The van der Waals surface area contributed by atoms with Gasteiger partial charge in [0.2, 0.25) is 0 Å². The summed E-state index contributed by atoms with van der Waals surface area (Å²) >= 11 is 0. The molecule has 2 aliphatic rings. The predicted molar refractivity (Wildman–Crippen MR) is 67.7 cm³/mol. The lowest BCUT2D eigenvalue weighted by molar-refractivity contribution is -0.0345. The molecule has 1 aliphatic carbocycles. The molecule has 0 bridgehead atoms. The zero-order valence-electron chi connectivity index (χ0n) is 11.1. The van der Waals surface area contributed by atoms with Crippen LogP contribution in [-0.2, 0) is 4.74 Å². The molecule has 17 heavy (non-hydrogen) atoms. The van der Waals surface area contributed by atoms with Crippen molar-refractivity contribution >= 4 is 0 Å². The Balaban J connectivity index is 1.92. The number of rotatable bonds is 3. The van der Waals surface area contributed by atoms with E-state index < -0.39 is 0 Å². The molecule has 1 saturated carbocycles. The number of nitrogens with zero attached hydrogens (tertiary/aromatic N) is 1. The van der Waals surface area contributed by atoms with Crippen LogP contribution in [-0.4, -0.2) is 55.0 Å². The molecule has 2 rings (SSSR count). The van der Waals surface area contributed by atoms with Gasteiger partial charge in [-0.2, -0.15) is 0 Å². The largest absolute Gasteiger partial charge is 0.395 e. The van der Waals surface area contributed by atoms with Gasteiger partial charge in [-0.1, -0.05) is 13.8 Å². The molecule has 4 nitrogen and oxygen atoms in total. The summed E-state index contributed by atoms with van der Waals surface area (Å²) in [6.07, 6.45) is 2.43. The Labute approximate surface area is 104 Å². The van der Waals surface area contributed by atoms with Gasteiger partial charge < -0.3 is 15.6 Å². The first-order chi connectivity index (χ1) is 8.04. The first-order valence-electron chi connectivity index (χ1n) is 6.73. The molecular formula is C13H26N2O2. The lowest BCUT2D eigenvalue weighted by Crippen LogP contribution is -2.51. The van der Waals surface area contributed by atoms with Crippen LogP contribution in [0.3, 0.4) is 0 Å². The van der Waals surface area contributed by atoms with Gasteiger partial charge in [0.1, 0.15) is 0 Å². The number of hydrogen-bond donors (Lipinski definition) is 2. The number of aliphatic hydroxyl groups is 1. The van der Waals surface area contributed by atoms with Gasteiger partial charge in [-0.25, -0.2) is 0 Å². The van der Waals surface area contributed by atoms with Crippen molar-refractivity contribution in [3.63, 3.8) is 0 Å². The van der Waals surface area contributed by atoms with Gasteiger partial charge in [0, 0.05) is 19.1 Å². The molecule has 4 heteroatoms. The van der Waals surface area contributed by atoms with Gasteiger partial charge in [-0.15, -0.1) is 0 Å². The van der Waals surface area contributed by atoms with Gasteiger partial charge in [-0.3, -0.25) is 4.90 Å². The fourth-order valence-corrected chi connectivity index (χ4v) is 3.15. The molecule has 1 saturated heterocycles. The highest BCUT2D eigenvalue weighted by atomic mass is 16.5. The number of hydrogen-bond acceptors (Lipinski definition) is 4. The summed E-state index contributed by atoms with van der Waals surface area (Å²) in [5.74, 6) is 0.567. The van der Waals surface area contributed by atoms with Gasteiger partial charge in [0.15, 0.2) is 0 Å². The van der Waals surface area contributed by atoms with Crippen LogP contribution in [0, 0.1) is 11.3 Å². The fraction of sp³-hybridized carbons (Fsp3) is 1.00. The van der Waals surface area contributed by atoms with E-state index in [9.17, 15) is 5.11 Å². The second kappa shape index (κ2) is 5.22. The number of nitrogens with two attached hydrogens (primary N) is 1. The quantitative estimate of drug-likeness (QED) is 0.754. The highest BCUT2D eigenvalue weighted by Crippen LogP contribution is 2.40. The first kappa shape index (κ1) is 13.3. The van der Waals surface area contributed by atoms with Crippen LogP contribution in [0.15, 0.2) is 0 Å². The van der Waals surface area contributed by atoms with E-state index in [0.29, 0.717) is 12.5 Å². The molecule has 0 radical (unpaired) electrons. The van der Waals surface area contributed by atoms with E-state index in [0.717, 1.165) is 19.7 Å². The zero-order chi connectivity index (χ0) is 12.5. The minimum atomic E-state index is 0.166. The van der Waals surface area contributed by atoms with Crippen molar-refractivity contribution in [3.05, 3.63) is 0 Å². The molecular weight excluding hydrogens is 216 g/mol. The third kappa shape index (κ3) is 2.81. The van der Waals surface area contributed by atoms with Gasteiger partial charge in [0.25, 0.3) is 0 Å². The molecule has 100 valence electrons. The second-order valence-corrected chi connectivity index (χ2v) is 6.22. The first-order valence-corrected chi connectivity index (χ1v) is 6.73. The molecule has 1 aliphatic heterocycles. The highest BCUT2D eigenvalue weighted by Gasteiger charge is 2.40. The molecule has 0 aromatic rings. The van der Waals surface area contributed by atoms with E-state index in [-0.39, 0.29) is 24.1 Å². The van der Waals surface area contributed by atoms with Crippen LogP contribution >= 0.6 is 0 Å². The summed E-state index contributed by atoms with van der Waals surface area (Å²) in [5, 5.41) is 9.35. The van der Waals surface area contributed by atoms with E-state index in [1.807, 2.05) is 0 Å². The summed E-state index contributed by atoms with van der Waals surface area (Å²) in [6.45, 7) is 8.09. The standard InChI is InChI=1S/C13H26N2O2/c1-13(2)4-3-10(12(13)14)7-15-5-6-17-9-11(15)8-16/h10-12,16H,3-9,14H2,1-2H3. The lowest BCUT2D eigenvalue weighted by atomic mass is 9.85. The monoisotopic (exact) mass is 242 g/mol. The number of ether oxygens (including phenoxy) is 1. The third-order valence-corrected chi connectivity index (χ3v) is 4.60. The van der Waals surface area contributed by atoms with Crippen molar-refractivity contribution in [2.45, 2.75) is 38.8 Å². The Bertz CT molecular complexity index is 258. The topological polar surface area (TPSA) is 58.7 Å². The van der Waals surface area contributed by atoms with Crippen LogP contribution in [0.1, 0.15) is 26.7 Å². The SMILES string of the molecule is CC1(C)CCC(CN2CCOCC2CO)C1N. The number of aliphatic hydroxyl groups excluding tert-OH is 1. The van der Waals surface area contributed by atoms with E-state index in [1.54, 1.807) is 0 Å². The maximum Gasteiger partial charge on any atom is 0.0644 e. The molecule has 1 heterocycles. The average Bonchev–Trinajstić information content (AvgIpc) is 2.57. The number of morpholine rings is 1. The van der Waals surface area contributed by atoms with Crippen molar-refractivity contribution in [3.8, 4) is 0 Å². The third-order valence-electron chi connectivity index (χ3n) is 4.60. The highest BCUT2D eigenvalue weighted by molar-refractivity contribution is 4.95. The van der Waals surface area contributed by atoms with Gasteiger partial charge in [0.05, 0.1) is 25.9 Å². The zero-order valence-corrected chi connectivity index (χ0v) is 11.1. The Hall–Kier alpha value is -0.160. The maximum absolute atomic E-state index is 9.35. The van der Waals surface area contributed by atoms with Crippen molar-refractivity contribution < 1.29 is 9.84 Å². The van der Waals surface area contributed by atoms with E-state index in [4.69, 9.17) is 10.5 Å². The smallest absolute Gasteiger partial charge is 0.0644 e. The summed E-state index contributed by atoms with van der Waals surface area (Å²) in [5.41, 5.74) is 6.61. The molecule has 0 aromatic carbocycles. The second-order valence-electron chi connectivity index (χ2n) is 6.22. The van der Waals surface area contributed by atoms with Crippen LogP contribution in [0.5, 0.6) is 0 Å². The lowest BCUT2D eigenvalue weighted by Gasteiger charge is -2.37. The Morgan fingerprint density at radius 1 is 1.47 bits per heavy atom. The van der Waals surface area contributed by atoms with Crippen molar-refractivity contribution in [2.24, 2.45) is 17.1 Å². The molecule has 2 fully saturated rings. The molecule has 0 aromatic heterocycles. The Kier molecular flexibility index (Phi) is 4.08. The summed E-state index contributed by atoms with van der Waals surface area (Å²) < 4.78 is 5.40. The molecule has 3 unspecified atom stereocenters. The summed E-state index contributed by atoms with van der Waals surface area (Å²) in [6, 6.07) is 0.448. The molecule has 0 amide bonds. The van der Waals surface area contributed by atoms with Crippen LogP contribution in [0.25, 0.3) is 0 Å². The van der Waals surface area contributed by atoms with Gasteiger partial charge >= 0.3 is 0 Å².